The van der Waals surface area contributed by atoms with Gasteiger partial charge in [-0.3, -0.25) is 0 Å². The van der Waals surface area contributed by atoms with Gasteiger partial charge in [0.1, 0.15) is 11.6 Å². The fourth-order valence-electron chi connectivity index (χ4n) is 3.45. The first-order chi connectivity index (χ1) is 14.4. The van der Waals surface area contributed by atoms with Gasteiger partial charge in [0.25, 0.3) is 0 Å². The molecule has 1 nitrogen and oxygen atoms in total. The van der Waals surface area contributed by atoms with Crippen molar-refractivity contribution in [2.45, 2.75) is 38.3 Å². The lowest BCUT2D eigenvalue weighted by Gasteiger charge is -2.21. The van der Waals surface area contributed by atoms with Crippen LogP contribution in [0.1, 0.15) is 35.1 Å². The number of hydrogen-bond acceptors (Lipinski definition) is 1. The van der Waals surface area contributed by atoms with Gasteiger partial charge < -0.3 is 4.74 Å². The van der Waals surface area contributed by atoms with Crippen LogP contribution in [0.15, 0.2) is 72.8 Å². The van der Waals surface area contributed by atoms with E-state index >= 15 is 0 Å². The van der Waals surface area contributed by atoms with Crippen molar-refractivity contribution < 1.29 is 22.3 Å². The van der Waals surface area contributed by atoms with Crippen LogP contribution in [-0.4, -0.2) is 12.8 Å². The number of alkyl halides is 3. The van der Waals surface area contributed by atoms with E-state index in [9.17, 15) is 17.6 Å². The Kier molecular flexibility index (Phi) is 7.14. The molecule has 0 amide bonds. The van der Waals surface area contributed by atoms with Gasteiger partial charge in [-0.05, 0) is 66.6 Å². The highest BCUT2D eigenvalue weighted by Gasteiger charge is 2.40. The van der Waals surface area contributed by atoms with Crippen LogP contribution in [0.25, 0.3) is 0 Å². The molecular weight excluding hydrogens is 392 g/mol. The first-order valence-electron chi connectivity index (χ1n) is 9.97. The number of ether oxygens (including phenoxy) is 1. The lowest BCUT2D eigenvalue weighted by molar-refractivity contribution is -0.150. The average Bonchev–Trinajstić information content (AvgIpc) is 2.72. The first-order valence-corrected chi connectivity index (χ1v) is 9.97. The molecule has 3 aromatic carbocycles. The molecule has 0 bridgehead atoms. The van der Waals surface area contributed by atoms with Crippen LogP contribution in [0.5, 0.6) is 5.75 Å². The molecule has 158 valence electrons. The Morgan fingerprint density at radius 1 is 0.833 bits per heavy atom. The molecule has 0 aliphatic rings. The third kappa shape index (κ3) is 5.85. The van der Waals surface area contributed by atoms with E-state index in [1.165, 1.54) is 24.3 Å². The zero-order valence-corrected chi connectivity index (χ0v) is 16.8. The SMILES string of the molecule is CCOc1ccc(CCc2ccc(C[C@H](c3ccccc3)C(F)(F)F)c(F)c2)cc1. The second kappa shape index (κ2) is 9.79. The molecule has 0 aliphatic heterocycles. The van der Waals surface area contributed by atoms with Gasteiger partial charge in [0.05, 0.1) is 12.5 Å². The third-order valence-corrected chi connectivity index (χ3v) is 5.08. The van der Waals surface area contributed by atoms with Crippen molar-refractivity contribution in [3.63, 3.8) is 0 Å². The Balaban J connectivity index is 1.68. The number of halogens is 4. The van der Waals surface area contributed by atoms with Crippen LogP contribution < -0.4 is 4.74 Å². The Labute approximate surface area is 174 Å². The largest absolute Gasteiger partial charge is 0.494 e. The molecule has 0 heterocycles. The maximum absolute atomic E-state index is 14.6. The lowest BCUT2D eigenvalue weighted by atomic mass is 9.90. The number of aryl methyl sites for hydroxylation is 2. The zero-order chi connectivity index (χ0) is 21.6. The quantitative estimate of drug-likeness (QED) is 0.363. The fraction of sp³-hybridized carbons (Fsp3) is 0.280. The molecule has 30 heavy (non-hydrogen) atoms. The van der Waals surface area contributed by atoms with Crippen molar-refractivity contribution in [2.24, 2.45) is 0 Å². The predicted octanol–water partition coefficient (Wildman–Crippen LogP) is 6.90. The molecule has 0 fully saturated rings. The van der Waals surface area contributed by atoms with Gasteiger partial charge >= 0.3 is 6.18 Å². The summed E-state index contributed by atoms with van der Waals surface area (Å²) in [4.78, 5) is 0. The summed E-state index contributed by atoms with van der Waals surface area (Å²) in [6.45, 7) is 2.52. The molecule has 0 radical (unpaired) electrons. The van der Waals surface area contributed by atoms with Crippen LogP contribution in [0, 0.1) is 5.82 Å². The van der Waals surface area contributed by atoms with Gasteiger partial charge in [-0.15, -0.1) is 0 Å². The summed E-state index contributed by atoms with van der Waals surface area (Å²) in [7, 11) is 0. The highest BCUT2D eigenvalue weighted by atomic mass is 19.4. The zero-order valence-electron chi connectivity index (χ0n) is 16.8. The molecule has 0 saturated carbocycles. The summed E-state index contributed by atoms with van der Waals surface area (Å²) in [6.07, 6.45) is -3.55. The molecule has 3 rings (SSSR count). The van der Waals surface area contributed by atoms with Gasteiger partial charge in [-0.2, -0.15) is 13.2 Å². The van der Waals surface area contributed by atoms with E-state index in [0.717, 1.165) is 16.9 Å². The van der Waals surface area contributed by atoms with Crippen molar-refractivity contribution >= 4 is 0 Å². The number of benzene rings is 3. The number of hydrogen-bond donors (Lipinski definition) is 0. The van der Waals surface area contributed by atoms with Crippen molar-refractivity contribution in [3.8, 4) is 5.75 Å². The summed E-state index contributed by atoms with van der Waals surface area (Å²) in [5.74, 6) is -1.53. The Morgan fingerprint density at radius 2 is 1.47 bits per heavy atom. The van der Waals surface area contributed by atoms with Gasteiger partial charge in [-0.1, -0.05) is 54.6 Å². The summed E-state index contributed by atoms with van der Waals surface area (Å²) in [6, 6.07) is 19.9. The minimum absolute atomic E-state index is 0.0750. The maximum Gasteiger partial charge on any atom is 0.396 e. The number of rotatable bonds is 8. The van der Waals surface area contributed by atoms with Gasteiger partial charge in [0, 0.05) is 0 Å². The Morgan fingerprint density at radius 3 is 2.07 bits per heavy atom. The second-order valence-electron chi connectivity index (χ2n) is 7.21. The van der Waals surface area contributed by atoms with E-state index in [1.807, 2.05) is 31.2 Å². The minimum Gasteiger partial charge on any atom is -0.494 e. The van der Waals surface area contributed by atoms with Crippen molar-refractivity contribution in [3.05, 3.63) is 101 Å². The highest BCUT2D eigenvalue weighted by Crippen LogP contribution is 2.37. The molecule has 0 aromatic heterocycles. The van der Waals surface area contributed by atoms with Crippen LogP contribution in [0.4, 0.5) is 17.6 Å². The van der Waals surface area contributed by atoms with Crippen LogP contribution in [0.3, 0.4) is 0 Å². The van der Waals surface area contributed by atoms with E-state index < -0.39 is 24.3 Å². The van der Waals surface area contributed by atoms with Gasteiger partial charge in [0.2, 0.25) is 0 Å². The van der Waals surface area contributed by atoms with Crippen LogP contribution >= 0.6 is 0 Å². The summed E-state index contributed by atoms with van der Waals surface area (Å²) >= 11 is 0. The third-order valence-electron chi connectivity index (χ3n) is 5.08. The Hall–Kier alpha value is -2.82. The van der Waals surface area contributed by atoms with Gasteiger partial charge in [-0.25, -0.2) is 4.39 Å². The van der Waals surface area contributed by atoms with E-state index in [0.29, 0.717) is 19.4 Å². The highest BCUT2D eigenvalue weighted by molar-refractivity contribution is 5.31. The molecule has 1 atom stereocenters. The molecule has 5 heteroatoms. The molecular formula is C25H24F4O. The smallest absolute Gasteiger partial charge is 0.396 e. The van der Waals surface area contributed by atoms with Crippen LogP contribution in [-0.2, 0) is 19.3 Å². The molecule has 0 spiro atoms. The van der Waals surface area contributed by atoms with E-state index in [1.54, 1.807) is 24.3 Å². The van der Waals surface area contributed by atoms with Gasteiger partial charge in [0.15, 0.2) is 0 Å². The maximum atomic E-state index is 14.6. The van der Waals surface area contributed by atoms with E-state index in [4.69, 9.17) is 4.74 Å². The monoisotopic (exact) mass is 416 g/mol. The van der Waals surface area contributed by atoms with Crippen LogP contribution in [0.2, 0.25) is 0 Å². The molecule has 0 N–H and O–H groups in total. The summed E-state index contributed by atoms with van der Waals surface area (Å²) in [5, 5.41) is 0. The van der Waals surface area contributed by atoms with Crippen molar-refractivity contribution in [1.82, 2.24) is 0 Å². The minimum atomic E-state index is -4.44. The fourth-order valence-corrected chi connectivity index (χ4v) is 3.45. The van der Waals surface area contributed by atoms with Crippen molar-refractivity contribution in [1.29, 1.82) is 0 Å². The Bertz CT molecular complexity index is 934. The van der Waals surface area contributed by atoms with Crippen molar-refractivity contribution in [2.75, 3.05) is 6.61 Å². The lowest BCUT2D eigenvalue weighted by Crippen LogP contribution is -2.23. The average molecular weight is 416 g/mol. The first kappa shape index (κ1) is 21.9. The molecule has 0 unspecified atom stereocenters. The molecule has 0 saturated heterocycles. The summed E-state index contributed by atoms with van der Waals surface area (Å²) in [5.41, 5.74) is 2.06. The second-order valence-corrected chi connectivity index (χ2v) is 7.21. The van der Waals surface area contributed by atoms with E-state index in [2.05, 4.69) is 0 Å². The molecule has 0 aliphatic carbocycles. The normalized spacial score (nSPS) is 12.6. The topological polar surface area (TPSA) is 9.23 Å². The molecule has 3 aromatic rings. The predicted molar refractivity (Wildman–Crippen MR) is 110 cm³/mol. The standard InChI is InChI=1S/C25H24F4O/c1-2-30-22-14-11-18(12-15-22)8-9-19-10-13-21(24(26)16-19)17-23(25(27,28)29)20-6-4-3-5-7-20/h3-7,10-16,23H,2,8-9,17H2,1H3/t23-/m1/s1. The summed E-state index contributed by atoms with van der Waals surface area (Å²) < 4.78 is 60.7. The van der Waals surface area contributed by atoms with E-state index in [-0.39, 0.29) is 11.1 Å².